The Hall–Kier alpha value is -1.42. The molecule has 3 N–H and O–H groups in total. The average Bonchev–Trinajstić information content (AvgIpc) is 2.41. The lowest BCUT2D eigenvalue weighted by Gasteiger charge is -2.33. The zero-order valence-corrected chi connectivity index (χ0v) is 11.2. The van der Waals surface area contributed by atoms with Crippen molar-refractivity contribution in [3.8, 4) is 0 Å². The maximum absolute atomic E-state index is 11.6. The molecule has 0 bridgehead atoms. The quantitative estimate of drug-likeness (QED) is 0.805. The van der Waals surface area contributed by atoms with Crippen LogP contribution in [0, 0.1) is 5.92 Å². The maximum Gasteiger partial charge on any atom is 0.222 e. The maximum atomic E-state index is 11.6. The molecule has 4 nitrogen and oxygen atoms in total. The number of benzene rings is 1. The van der Waals surface area contributed by atoms with Crippen LogP contribution in [0.5, 0.6) is 0 Å². The highest BCUT2D eigenvalue weighted by atomic mass is 35.5. The standard InChI is InChI=1S/C13H18ClN3O/c1-16-13(18)9-4-6-17(7-5-9)12-8-10(14)2-3-11(12)15/h2-3,8-9H,4-7,15H2,1H3,(H,16,18). The van der Waals surface area contributed by atoms with Crippen molar-refractivity contribution in [3.63, 3.8) is 0 Å². The zero-order valence-electron chi connectivity index (χ0n) is 10.4. The fourth-order valence-corrected chi connectivity index (χ4v) is 2.54. The van der Waals surface area contributed by atoms with Gasteiger partial charge in [0.15, 0.2) is 0 Å². The van der Waals surface area contributed by atoms with Crippen LogP contribution in [-0.4, -0.2) is 26.0 Å². The summed E-state index contributed by atoms with van der Waals surface area (Å²) in [6, 6.07) is 5.50. The fraction of sp³-hybridized carbons (Fsp3) is 0.462. The molecule has 1 fully saturated rings. The third-order valence-corrected chi connectivity index (χ3v) is 3.68. The van der Waals surface area contributed by atoms with Crippen LogP contribution in [0.15, 0.2) is 18.2 Å². The number of nitrogens with zero attached hydrogens (tertiary/aromatic N) is 1. The second-order valence-corrected chi connectivity index (χ2v) is 5.02. The van der Waals surface area contributed by atoms with Gasteiger partial charge in [0.2, 0.25) is 5.91 Å². The first-order valence-corrected chi connectivity index (χ1v) is 6.51. The number of anilines is 2. The third kappa shape index (κ3) is 2.70. The first kappa shape index (κ1) is 13.0. The molecule has 1 aliphatic heterocycles. The Morgan fingerprint density at radius 1 is 1.44 bits per heavy atom. The van der Waals surface area contributed by atoms with Crippen LogP contribution in [0.3, 0.4) is 0 Å². The van der Waals surface area contributed by atoms with Gasteiger partial charge < -0.3 is 16.0 Å². The third-order valence-electron chi connectivity index (χ3n) is 3.45. The van der Waals surface area contributed by atoms with E-state index in [1.54, 1.807) is 13.1 Å². The van der Waals surface area contributed by atoms with Crippen molar-refractivity contribution in [2.24, 2.45) is 5.92 Å². The number of nitrogen functional groups attached to an aromatic ring is 1. The normalized spacial score (nSPS) is 16.7. The van der Waals surface area contributed by atoms with Crippen molar-refractivity contribution in [3.05, 3.63) is 23.2 Å². The molecule has 0 saturated carbocycles. The minimum Gasteiger partial charge on any atom is -0.397 e. The number of nitrogens with one attached hydrogen (secondary N) is 1. The lowest BCUT2D eigenvalue weighted by Crippen LogP contribution is -2.39. The van der Waals surface area contributed by atoms with Crippen LogP contribution in [0.2, 0.25) is 5.02 Å². The number of carbonyl (C=O) groups is 1. The average molecular weight is 268 g/mol. The molecular weight excluding hydrogens is 250 g/mol. The predicted molar refractivity (Wildman–Crippen MR) is 74.9 cm³/mol. The van der Waals surface area contributed by atoms with E-state index in [2.05, 4.69) is 10.2 Å². The molecule has 1 saturated heterocycles. The van der Waals surface area contributed by atoms with Crippen LogP contribution >= 0.6 is 11.6 Å². The first-order chi connectivity index (χ1) is 8.61. The molecule has 1 amide bonds. The topological polar surface area (TPSA) is 58.4 Å². The summed E-state index contributed by atoms with van der Waals surface area (Å²) >= 11 is 5.99. The van der Waals surface area contributed by atoms with Gasteiger partial charge in [0.25, 0.3) is 0 Å². The van der Waals surface area contributed by atoms with Crippen molar-refractivity contribution in [1.29, 1.82) is 0 Å². The highest BCUT2D eigenvalue weighted by Gasteiger charge is 2.25. The zero-order chi connectivity index (χ0) is 13.1. The summed E-state index contributed by atoms with van der Waals surface area (Å²) in [6.07, 6.45) is 1.71. The Morgan fingerprint density at radius 3 is 2.72 bits per heavy atom. The van der Waals surface area contributed by atoms with Crippen molar-refractivity contribution in [1.82, 2.24) is 5.32 Å². The summed E-state index contributed by atoms with van der Waals surface area (Å²) in [5.74, 6) is 0.250. The van der Waals surface area contributed by atoms with Crippen LogP contribution < -0.4 is 16.0 Å². The smallest absolute Gasteiger partial charge is 0.222 e. The van der Waals surface area contributed by atoms with E-state index in [4.69, 9.17) is 17.3 Å². The van der Waals surface area contributed by atoms with E-state index in [-0.39, 0.29) is 11.8 Å². The second kappa shape index (κ2) is 5.48. The summed E-state index contributed by atoms with van der Waals surface area (Å²) < 4.78 is 0. The van der Waals surface area contributed by atoms with E-state index in [0.29, 0.717) is 5.02 Å². The number of halogens is 1. The van der Waals surface area contributed by atoms with E-state index in [1.165, 1.54) is 0 Å². The Labute approximate surface area is 112 Å². The molecule has 1 heterocycles. The molecule has 0 radical (unpaired) electrons. The Kier molecular flexibility index (Phi) is 3.97. The number of hydrogen-bond acceptors (Lipinski definition) is 3. The number of piperidine rings is 1. The van der Waals surface area contributed by atoms with Crippen LogP contribution in [0.4, 0.5) is 11.4 Å². The minimum atomic E-state index is 0.117. The van der Waals surface area contributed by atoms with Gasteiger partial charge in [-0.25, -0.2) is 0 Å². The molecule has 0 unspecified atom stereocenters. The van der Waals surface area contributed by atoms with E-state index < -0.39 is 0 Å². The van der Waals surface area contributed by atoms with Gasteiger partial charge in [-0.1, -0.05) is 11.6 Å². The number of carbonyl (C=O) groups excluding carboxylic acids is 1. The molecular formula is C13H18ClN3O. The number of nitrogens with two attached hydrogens (primary N) is 1. The number of amides is 1. The SMILES string of the molecule is CNC(=O)C1CCN(c2cc(Cl)ccc2N)CC1. The van der Waals surface area contributed by atoms with Crippen LogP contribution in [0.25, 0.3) is 0 Å². The van der Waals surface area contributed by atoms with Gasteiger partial charge in [-0.15, -0.1) is 0 Å². The van der Waals surface area contributed by atoms with Gasteiger partial charge >= 0.3 is 0 Å². The summed E-state index contributed by atoms with van der Waals surface area (Å²) in [7, 11) is 1.68. The molecule has 1 aromatic rings. The lowest BCUT2D eigenvalue weighted by molar-refractivity contribution is -0.125. The minimum absolute atomic E-state index is 0.117. The molecule has 5 heteroatoms. The Bertz CT molecular complexity index is 442. The first-order valence-electron chi connectivity index (χ1n) is 6.13. The van der Waals surface area contributed by atoms with Gasteiger partial charge in [0, 0.05) is 31.1 Å². The van der Waals surface area contributed by atoms with Gasteiger partial charge in [-0.05, 0) is 31.0 Å². The highest BCUT2D eigenvalue weighted by Crippen LogP contribution is 2.30. The van der Waals surface area contributed by atoms with Gasteiger partial charge in [0.05, 0.1) is 11.4 Å². The molecule has 0 aliphatic carbocycles. The largest absolute Gasteiger partial charge is 0.397 e. The van der Waals surface area contributed by atoms with E-state index in [0.717, 1.165) is 37.3 Å². The lowest BCUT2D eigenvalue weighted by atomic mass is 9.95. The Balaban J connectivity index is 2.05. The summed E-state index contributed by atoms with van der Waals surface area (Å²) in [4.78, 5) is 13.8. The molecule has 2 rings (SSSR count). The number of rotatable bonds is 2. The van der Waals surface area contributed by atoms with Crippen molar-refractivity contribution < 1.29 is 4.79 Å². The highest BCUT2D eigenvalue weighted by molar-refractivity contribution is 6.31. The van der Waals surface area contributed by atoms with Crippen molar-refractivity contribution in [2.45, 2.75) is 12.8 Å². The Morgan fingerprint density at radius 2 is 2.11 bits per heavy atom. The fourth-order valence-electron chi connectivity index (χ4n) is 2.38. The molecule has 0 aromatic heterocycles. The van der Waals surface area contributed by atoms with Crippen LogP contribution in [0.1, 0.15) is 12.8 Å². The molecule has 1 aromatic carbocycles. The van der Waals surface area contributed by atoms with Gasteiger partial charge in [-0.2, -0.15) is 0 Å². The summed E-state index contributed by atoms with van der Waals surface area (Å²) in [5, 5.41) is 3.39. The molecule has 18 heavy (non-hydrogen) atoms. The van der Waals surface area contributed by atoms with E-state index in [9.17, 15) is 4.79 Å². The summed E-state index contributed by atoms with van der Waals surface area (Å²) in [5.41, 5.74) is 7.67. The van der Waals surface area contributed by atoms with E-state index >= 15 is 0 Å². The molecule has 1 aliphatic rings. The second-order valence-electron chi connectivity index (χ2n) is 4.58. The van der Waals surface area contributed by atoms with Gasteiger partial charge in [0.1, 0.15) is 0 Å². The molecule has 0 atom stereocenters. The van der Waals surface area contributed by atoms with Crippen molar-refractivity contribution >= 4 is 28.9 Å². The van der Waals surface area contributed by atoms with Gasteiger partial charge in [-0.3, -0.25) is 4.79 Å². The molecule has 98 valence electrons. The predicted octanol–water partition coefficient (Wildman–Crippen LogP) is 1.88. The summed E-state index contributed by atoms with van der Waals surface area (Å²) in [6.45, 7) is 1.67. The van der Waals surface area contributed by atoms with Crippen molar-refractivity contribution in [2.75, 3.05) is 30.8 Å². The van der Waals surface area contributed by atoms with Crippen LogP contribution in [-0.2, 0) is 4.79 Å². The number of hydrogen-bond donors (Lipinski definition) is 2. The van der Waals surface area contributed by atoms with E-state index in [1.807, 2.05) is 12.1 Å². The molecule has 0 spiro atoms. The monoisotopic (exact) mass is 267 g/mol.